The van der Waals surface area contributed by atoms with Crippen LogP contribution in [-0.4, -0.2) is 74.0 Å². The standard InChI is InChI=1S/2C17H21N3O5/c2*1-10-14(9-23-16(22)13-7-5-4-6-8-13)25-17(24-12(3)21)11(2)15(10)19-20-18/h2*4-8,10-11,14-15,17H,9H2,1-3H3/t10-,11?,14?,15-,17+;10-,11?,14?,15-,17-/m00/s1. The van der Waals surface area contributed by atoms with Gasteiger partial charge < -0.3 is 28.4 Å². The molecule has 268 valence electrons. The van der Waals surface area contributed by atoms with E-state index >= 15 is 0 Å². The minimum atomic E-state index is -0.857. The van der Waals surface area contributed by atoms with Crippen LogP contribution in [0.1, 0.15) is 62.3 Å². The molecular weight excluding hydrogens is 652 g/mol. The first-order chi connectivity index (χ1) is 23.9. The Kier molecular flexibility index (Phi) is 15.1. The van der Waals surface area contributed by atoms with Gasteiger partial charge in [0.05, 0.1) is 35.4 Å². The van der Waals surface area contributed by atoms with Gasteiger partial charge in [0.25, 0.3) is 0 Å². The molecule has 0 spiro atoms. The summed E-state index contributed by atoms with van der Waals surface area (Å²) in [6.07, 6.45) is -2.82. The first-order valence-corrected chi connectivity index (χ1v) is 16.1. The smallest absolute Gasteiger partial charge is 0.338 e. The second-order valence-corrected chi connectivity index (χ2v) is 12.1. The number of azide groups is 2. The van der Waals surface area contributed by atoms with Crippen LogP contribution in [0.2, 0.25) is 0 Å². The molecule has 2 heterocycles. The fourth-order valence-electron chi connectivity index (χ4n) is 5.71. The molecule has 4 rings (SSSR count). The average molecular weight is 695 g/mol. The van der Waals surface area contributed by atoms with Crippen LogP contribution in [-0.2, 0) is 38.0 Å². The van der Waals surface area contributed by atoms with Crippen LogP contribution in [0.4, 0.5) is 0 Å². The Bertz CT molecular complexity index is 1430. The van der Waals surface area contributed by atoms with E-state index in [1.165, 1.54) is 13.8 Å². The Morgan fingerprint density at radius 3 is 1.26 bits per heavy atom. The molecule has 16 nitrogen and oxygen atoms in total. The predicted molar refractivity (Wildman–Crippen MR) is 177 cm³/mol. The van der Waals surface area contributed by atoms with E-state index in [9.17, 15) is 19.2 Å². The normalized spacial score (nSPS) is 28.5. The molecule has 0 amide bonds. The number of hydrogen-bond donors (Lipinski definition) is 0. The van der Waals surface area contributed by atoms with Crippen molar-refractivity contribution >= 4 is 23.9 Å². The van der Waals surface area contributed by atoms with Crippen LogP contribution in [0, 0.1) is 23.7 Å². The second-order valence-electron chi connectivity index (χ2n) is 12.1. The molecule has 0 radical (unpaired) electrons. The van der Waals surface area contributed by atoms with Gasteiger partial charge in [-0.15, -0.1) is 0 Å². The number of carbonyl (C=O) groups excluding carboxylic acids is 4. The fraction of sp³-hybridized carbons (Fsp3) is 0.529. The van der Waals surface area contributed by atoms with Gasteiger partial charge in [-0.3, -0.25) is 9.59 Å². The summed E-state index contributed by atoms with van der Waals surface area (Å²) < 4.78 is 32.5. The zero-order valence-electron chi connectivity index (χ0n) is 28.7. The van der Waals surface area contributed by atoms with Gasteiger partial charge in [-0.25, -0.2) is 9.59 Å². The summed E-state index contributed by atoms with van der Waals surface area (Å²) in [5.41, 5.74) is 18.5. The molecule has 4 unspecified atom stereocenters. The first kappa shape index (κ1) is 39.3. The van der Waals surface area contributed by atoms with Crippen molar-refractivity contribution in [2.75, 3.05) is 13.2 Å². The van der Waals surface area contributed by atoms with Gasteiger partial charge in [0.1, 0.15) is 13.2 Å². The summed E-state index contributed by atoms with van der Waals surface area (Å²) in [6, 6.07) is 16.3. The first-order valence-electron chi connectivity index (χ1n) is 16.1. The highest BCUT2D eigenvalue weighted by atomic mass is 16.7. The van der Waals surface area contributed by atoms with E-state index in [-0.39, 0.29) is 36.9 Å². The van der Waals surface area contributed by atoms with Crippen LogP contribution in [0.15, 0.2) is 70.9 Å². The molecule has 0 N–H and O–H groups in total. The van der Waals surface area contributed by atoms with Crippen molar-refractivity contribution in [3.8, 4) is 0 Å². The van der Waals surface area contributed by atoms with Crippen molar-refractivity contribution in [1.29, 1.82) is 0 Å². The molecule has 2 fully saturated rings. The van der Waals surface area contributed by atoms with Crippen LogP contribution in [0.5, 0.6) is 0 Å². The summed E-state index contributed by atoms with van der Waals surface area (Å²) in [7, 11) is 0. The van der Waals surface area contributed by atoms with Crippen LogP contribution in [0.25, 0.3) is 20.9 Å². The molecule has 2 aromatic carbocycles. The van der Waals surface area contributed by atoms with E-state index in [0.717, 1.165) is 0 Å². The second kappa shape index (κ2) is 19.2. The zero-order chi connectivity index (χ0) is 36.8. The molecule has 2 aliphatic rings. The maximum absolute atomic E-state index is 12.1. The quantitative estimate of drug-likeness (QED) is 0.0905. The molecule has 0 aromatic heterocycles. The predicted octanol–water partition coefficient (Wildman–Crippen LogP) is 6.17. The minimum absolute atomic E-state index is 0.0309. The summed E-state index contributed by atoms with van der Waals surface area (Å²) in [5, 5.41) is 7.61. The molecule has 2 aliphatic heterocycles. The molecule has 0 bridgehead atoms. The van der Waals surface area contributed by atoms with Crippen LogP contribution < -0.4 is 0 Å². The Hall–Kier alpha value is -5.14. The number of ether oxygens (including phenoxy) is 6. The van der Waals surface area contributed by atoms with Gasteiger partial charge in [0.2, 0.25) is 12.6 Å². The van der Waals surface area contributed by atoms with E-state index in [1.807, 2.05) is 13.8 Å². The lowest BCUT2D eigenvalue weighted by molar-refractivity contribution is -0.238. The number of hydrogen-bond acceptors (Lipinski definition) is 12. The van der Waals surface area contributed by atoms with E-state index in [0.29, 0.717) is 11.1 Å². The number of rotatable bonds is 10. The van der Waals surface area contributed by atoms with Gasteiger partial charge in [0.15, 0.2) is 0 Å². The fourth-order valence-corrected chi connectivity index (χ4v) is 5.71. The van der Waals surface area contributed by atoms with Crippen molar-refractivity contribution in [1.82, 2.24) is 0 Å². The Labute approximate surface area is 289 Å². The molecule has 0 saturated carbocycles. The molecule has 10 atom stereocenters. The highest BCUT2D eigenvalue weighted by molar-refractivity contribution is 5.89. The van der Waals surface area contributed by atoms with Gasteiger partial charge >= 0.3 is 23.9 Å². The maximum atomic E-state index is 12.1. The monoisotopic (exact) mass is 694 g/mol. The lowest BCUT2D eigenvalue weighted by Gasteiger charge is -2.41. The SMILES string of the molecule is CC(=O)O[C@@H]1OC(COC(=O)c2ccccc2)[C@H](C)[C@H](N=[N+]=[N-])C1C.CC(=O)O[C@H]1OC(COC(=O)c2ccccc2)[C@H](C)[C@H](N=[N+]=[N-])C1C. The van der Waals surface area contributed by atoms with Gasteiger partial charge in [-0.05, 0) is 47.2 Å². The van der Waals surface area contributed by atoms with Gasteiger partial charge in [-0.1, -0.05) is 74.3 Å². The highest BCUT2D eigenvalue weighted by Gasteiger charge is 2.44. The lowest BCUT2D eigenvalue weighted by atomic mass is 9.84. The van der Waals surface area contributed by atoms with Crippen LogP contribution >= 0.6 is 0 Å². The molecule has 2 saturated heterocycles. The van der Waals surface area contributed by atoms with Crippen molar-refractivity contribution in [2.24, 2.45) is 33.9 Å². The summed E-state index contributed by atoms with van der Waals surface area (Å²) >= 11 is 0. The zero-order valence-corrected chi connectivity index (χ0v) is 28.7. The summed E-state index contributed by atoms with van der Waals surface area (Å²) in [4.78, 5) is 52.4. The van der Waals surface area contributed by atoms with Crippen molar-refractivity contribution in [2.45, 2.75) is 78.4 Å². The Morgan fingerprint density at radius 1 is 0.620 bits per heavy atom. The van der Waals surface area contributed by atoms with E-state index < -0.39 is 60.7 Å². The summed E-state index contributed by atoms with van der Waals surface area (Å²) in [5.74, 6) is -2.97. The third-order valence-corrected chi connectivity index (χ3v) is 8.51. The molecule has 50 heavy (non-hydrogen) atoms. The topological polar surface area (TPSA) is 221 Å². The van der Waals surface area contributed by atoms with Gasteiger partial charge in [0, 0.05) is 35.5 Å². The number of esters is 4. The molecule has 0 aliphatic carbocycles. The third-order valence-electron chi connectivity index (χ3n) is 8.51. The number of benzene rings is 2. The average Bonchev–Trinajstić information content (AvgIpc) is 3.10. The van der Waals surface area contributed by atoms with E-state index in [2.05, 4.69) is 20.1 Å². The van der Waals surface area contributed by atoms with E-state index in [1.54, 1.807) is 74.5 Å². The third kappa shape index (κ3) is 10.9. The molecule has 16 heteroatoms. The summed E-state index contributed by atoms with van der Waals surface area (Å²) in [6.45, 7) is 9.77. The number of carbonyl (C=O) groups is 4. The lowest BCUT2D eigenvalue weighted by Crippen LogP contribution is -2.51. The van der Waals surface area contributed by atoms with E-state index in [4.69, 9.17) is 39.5 Å². The van der Waals surface area contributed by atoms with Crippen molar-refractivity contribution in [3.63, 3.8) is 0 Å². The maximum Gasteiger partial charge on any atom is 0.338 e. The number of nitrogens with zero attached hydrogens (tertiary/aromatic N) is 6. The minimum Gasteiger partial charge on any atom is -0.459 e. The van der Waals surface area contributed by atoms with Gasteiger partial charge in [-0.2, -0.15) is 0 Å². The van der Waals surface area contributed by atoms with Crippen molar-refractivity contribution < 1.29 is 47.6 Å². The molecular formula is C34H42N6O10. The molecule has 2 aromatic rings. The van der Waals surface area contributed by atoms with Crippen LogP contribution in [0.3, 0.4) is 0 Å². The Balaban J connectivity index is 0.000000270. The largest absolute Gasteiger partial charge is 0.459 e. The highest BCUT2D eigenvalue weighted by Crippen LogP contribution is 2.35. The Morgan fingerprint density at radius 2 is 0.960 bits per heavy atom. The van der Waals surface area contributed by atoms with Crippen molar-refractivity contribution in [3.05, 3.63) is 92.7 Å².